The van der Waals surface area contributed by atoms with Crippen LogP contribution in [0.5, 0.6) is 5.75 Å². The van der Waals surface area contributed by atoms with Gasteiger partial charge in [0, 0.05) is 11.1 Å². The fourth-order valence-corrected chi connectivity index (χ4v) is 2.50. The average Bonchev–Trinajstić information content (AvgIpc) is 2.93. The highest BCUT2D eigenvalue weighted by molar-refractivity contribution is 5.91. The Bertz CT molecular complexity index is 740. The Hall–Kier alpha value is -2.41. The van der Waals surface area contributed by atoms with Crippen molar-refractivity contribution in [3.05, 3.63) is 46.1 Å². The van der Waals surface area contributed by atoms with Crippen LogP contribution in [0.4, 0.5) is 4.39 Å². The van der Waals surface area contributed by atoms with Crippen LogP contribution in [-0.4, -0.2) is 17.9 Å². The Balaban J connectivity index is 1.79. The van der Waals surface area contributed by atoms with Gasteiger partial charge in [0.15, 0.2) is 6.79 Å². The van der Waals surface area contributed by atoms with Gasteiger partial charge in [-0.05, 0) is 25.5 Å². The zero-order valence-corrected chi connectivity index (χ0v) is 12.8. The molecule has 23 heavy (non-hydrogen) atoms. The molecule has 7 heteroatoms. The van der Waals surface area contributed by atoms with Gasteiger partial charge in [0.2, 0.25) is 0 Å². The predicted molar refractivity (Wildman–Crippen MR) is 76.4 cm³/mol. The SMILES string of the molecule is CCc1noc(C)c1C(=O)OCc1cc(F)cc2c1OCOC2. The highest BCUT2D eigenvalue weighted by Gasteiger charge is 2.22. The molecule has 0 atom stereocenters. The molecule has 0 N–H and O–H groups in total. The minimum absolute atomic E-state index is 0.0876. The van der Waals surface area contributed by atoms with E-state index in [-0.39, 0.29) is 20.0 Å². The Morgan fingerprint density at radius 1 is 1.43 bits per heavy atom. The van der Waals surface area contributed by atoms with E-state index in [9.17, 15) is 9.18 Å². The first kappa shape index (κ1) is 15.5. The van der Waals surface area contributed by atoms with Crippen LogP contribution in [0.2, 0.25) is 0 Å². The highest BCUT2D eigenvalue weighted by Crippen LogP contribution is 2.30. The molecule has 1 aromatic heterocycles. The first-order valence-corrected chi connectivity index (χ1v) is 7.24. The summed E-state index contributed by atoms with van der Waals surface area (Å²) >= 11 is 0. The van der Waals surface area contributed by atoms with Gasteiger partial charge in [-0.2, -0.15) is 0 Å². The second kappa shape index (κ2) is 6.37. The summed E-state index contributed by atoms with van der Waals surface area (Å²) in [7, 11) is 0. The van der Waals surface area contributed by atoms with Gasteiger partial charge in [0.05, 0.1) is 12.3 Å². The summed E-state index contributed by atoms with van der Waals surface area (Å²) in [6.07, 6.45) is 0.553. The maximum atomic E-state index is 13.7. The Morgan fingerprint density at radius 3 is 3.04 bits per heavy atom. The molecule has 6 nitrogen and oxygen atoms in total. The average molecular weight is 321 g/mol. The number of aromatic nitrogens is 1. The number of fused-ring (bicyclic) bond motifs is 1. The molecule has 0 aliphatic carbocycles. The van der Waals surface area contributed by atoms with E-state index in [0.29, 0.717) is 40.3 Å². The van der Waals surface area contributed by atoms with Crippen LogP contribution in [0.25, 0.3) is 0 Å². The highest BCUT2D eigenvalue weighted by atomic mass is 19.1. The second-order valence-electron chi connectivity index (χ2n) is 5.15. The van der Waals surface area contributed by atoms with Gasteiger partial charge in [-0.1, -0.05) is 12.1 Å². The first-order valence-electron chi connectivity index (χ1n) is 7.24. The predicted octanol–water partition coefficient (Wildman–Crippen LogP) is 2.91. The van der Waals surface area contributed by atoms with Crippen molar-refractivity contribution in [1.29, 1.82) is 0 Å². The maximum Gasteiger partial charge on any atom is 0.344 e. The molecule has 2 heterocycles. The van der Waals surface area contributed by atoms with Crippen LogP contribution in [-0.2, 0) is 29.1 Å². The second-order valence-corrected chi connectivity index (χ2v) is 5.15. The molecule has 2 aromatic rings. The Labute approximate surface area is 132 Å². The molecular weight excluding hydrogens is 305 g/mol. The van der Waals surface area contributed by atoms with Crippen LogP contribution in [0.1, 0.15) is 39.9 Å². The third-order valence-electron chi connectivity index (χ3n) is 3.58. The van der Waals surface area contributed by atoms with Gasteiger partial charge in [-0.25, -0.2) is 9.18 Å². The lowest BCUT2D eigenvalue weighted by Gasteiger charge is -2.20. The van der Waals surface area contributed by atoms with Gasteiger partial charge in [0.1, 0.15) is 29.5 Å². The molecule has 0 saturated carbocycles. The van der Waals surface area contributed by atoms with Crippen LogP contribution < -0.4 is 4.74 Å². The number of benzene rings is 1. The van der Waals surface area contributed by atoms with Gasteiger partial charge in [0.25, 0.3) is 0 Å². The molecule has 3 rings (SSSR count). The van der Waals surface area contributed by atoms with E-state index in [2.05, 4.69) is 5.16 Å². The number of esters is 1. The van der Waals surface area contributed by atoms with E-state index in [1.54, 1.807) is 6.92 Å². The molecule has 1 aliphatic rings. The number of rotatable bonds is 4. The van der Waals surface area contributed by atoms with Crippen molar-refractivity contribution < 1.29 is 27.9 Å². The lowest BCUT2D eigenvalue weighted by Crippen LogP contribution is -2.15. The van der Waals surface area contributed by atoms with Crippen LogP contribution >= 0.6 is 0 Å². The van der Waals surface area contributed by atoms with E-state index >= 15 is 0 Å². The first-order chi connectivity index (χ1) is 11.1. The third kappa shape index (κ3) is 3.05. The van der Waals surface area contributed by atoms with E-state index in [1.165, 1.54) is 12.1 Å². The molecule has 122 valence electrons. The number of hydrogen-bond acceptors (Lipinski definition) is 6. The van der Waals surface area contributed by atoms with Gasteiger partial charge < -0.3 is 18.7 Å². The largest absolute Gasteiger partial charge is 0.467 e. The van der Waals surface area contributed by atoms with Crippen LogP contribution in [0.3, 0.4) is 0 Å². The van der Waals surface area contributed by atoms with Crippen molar-refractivity contribution in [2.75, 3.05) is 6.79 Å². The van der Waals surface area contributed by atoms with Crippen molar-refractivity contribution in [3.8, 4) is 5.75 Å². The van der Waals surface area contributed by atoms with E-state index < -0.39 is 11.8 Å². The maximum absolute atomic E-state index is 13.7. The number of aryl methyl sites for hydroxylation is 2. The molecule has 0 radical (unpaired) electrons. The summed E-state index contributed by atoms with van der Waals surface area (Å²) in [6, 6.07) is 2.64. The number of halogens is 1. The van der Waals surface area contributed by atoms with Crippen molar-refractivity contribution in [2.45, 2.75) is 33.5 Å². The van der Waals surface area contributed by atoms with Crippen LogP contribution in [0.15, 0.2) is 16.7 Å². The number of hydrogen-bond donors (Lipinski definition) is 0. The topological polar surface area (TPSA) is 70.8 Å². The Morgan fingerprint density at radius 2 is 2.26 bits per heavy atom. The van der Waals surface area contributed by atoms with Gasteiger partial charge in [-0.15, -0.1) is 0 Å². The van der Waals surface area contributed by atoms with Crippen molar-refractivity contribution in [2.24, 2.45) is 0 Å². The normalized spacial score (nSPS) is 13.3. The summed E-state index contributed by atoms with van der Waals surface area (Å²) in [6.45, 7) is 3.76. The molecule has 0 spiro atoms. The Kier molecular flexibility index (Phi) is 4.29. The monoisotopic (exact) mass is 321 g/mol. The number of ether oxygens (including phenoxy) is 3. The molecule has 1 aliphatic heterocycles. The number of carbonyl (C=O) groups excluding carboxylic acids is 1. The van der Waals surface area contributed by atoms with Gasteiger partial charge >= 0.3 is 5.97 Å². The molecule has 0 bridgehead atoms. The quantitative estimate of drug-likeness (QED) is 0.806. The van der Waals surface area contributed by atoms with Gasteiger partial charge in [-0.3, -0.25) is 0 Å². The molecule has 0 saturated heterocycles. The summed E-state index contributed by atoms with van der Waals surface area (Å²) in [5.74, 6) is -0.0778. The number of carbonyl (C=O) groups is 1. The number of nitrogens with zero attached hydrogens (tertiary/aromatic N) is 1. The smallest absolute Gasteiger partial charge is 0.344 e. The zero-order valence-electron chi connectivity index (χ0n) is 12.8. The minimum atomic E-state index is -0.550. The molecule has 0 unspecified atom stereocenters. The lowest BCUT2D eigenvalue weighted by molar-refractivity contribution is -0.0183. The zero-order chi connectivity index (χ0) is 16.4. The molecular formula is C16H16FNO5. The van der Waals surface area contributed by atoms with Crippen molar-refractivity contribution >= 4 is 5.97 Å². The van der Waals surface area contributed by atoms with Crippen molar-refractivity contribution in [3.63, 3.8) is 0 Å². The fraction of sp³-hybridized carbons (Fsp3) is 0.375. The molecule has 0 fully saturated rings. The standard InChI is InChI=1S/C16H16FNO5/c1-3-13-14(9(2)23-18-13)16(19)21-7-11-5-12(17)4-10-6-20-8-22-15(10)11/h4-5H,3,6-8H2,1-2H3. The summed E-state index contributed by atoms with van der Waals surface area (Å²) in [5.41, 5.74) is 1.92. The third-order valence-corrected chi connectivity index (χ3v) is 3.58. The molecule has 1 aromatic carbocycles. The fourth-order valence-electron chi connectivity index (χ4n) is 2.50. The summed E-state index contributed by atoms with van der Waals surface area (Å²) < 4.78 is 34.5. The minimum Gasteiger partial charge on any atom is -0.467 e. The van der Waals surface area contributed by atoms with E-state index in [1.807, 2.05) is 6.92 Å². The van der Waals surface area contributed by atoms with Crippen molar-refractivity contribution in [1.82, 2.24) is 5.16 Å². The van der Waals surface area contributed by atoms with Crippen LogP contribution in [0, 0.1) is 12.7 Å². The summed E-state index contributed by atoms with van der Waals surface area (Å²) in [5, 5.41) is 3.82. The van der Waals surface area contributed by atoms with E-state index in [4.69, 9.17) is 18.7 Å². The summed E-state index contributed by atoms with van der Waals surface area (Å²) in [4.78, 5) is 12.3. The lowest BCUT2D eigenvalue weighted by atomic mass is 10.1. The molecule has 0 amide bonds. The van der Waals surface area contributed by atoms with E-state index in [0.717, 1.165) is 0 Å².